The molecule has 0 bridgehead atoms. The van der Waals surface area contributed by atoms with Gasteiger partial charge in [0.2, 0.25) is 5.88 Å². The fourth-order valence-electron chi connectivity index (χ4n) is 10.1. The Morgan fingerprint density at radius 3 is 2.60 bits per heavy atom. The number of hydrogen-bond donors (Lipinski definition) is 4. The third-order valence-electron chi connectivity index (χ3n) is 13.4. The molecule has 2 aromatic heterocycles. The van der Waals surface area contributed by atoms with Gasteiger partial charge >= 0.3 is 6.18 Å². The first-order valence-corrected chi connectivity index (χ1v) is 20.6. The topological polar surface area (TPSA) is 163 Å². The summed E-state index contributed by atoms with van der Waals surface area (Å²) < 4.78 is 56.5. The number of anilines is 1. The highest BCUT2D eigenvalue weighted by Gasteiger charge is 2.54. The van der Waals surface area contributed by atoms with Crippen LogP contribution in [-0.2, 0) is 17.3 Å². The number of nitrogens with zero attached hydrogens (tertiary/aromatic N) is 5. The Kier molecular flexibility index (Phi) is 11.8. The zero-order valence-electron chi connectivity index (χ0n) is 32.7. The maximum atomic E-state index is 13.0. The minimum absolute atomic E-state index is 0.0790. The van der Waals surface area contributed by atoms with Gasteiger partial charge in [0.25, 0.3) is 5.91 Å². The van der Waals surface area contributed by atoms with E-state index in [4.69, 9.17) is 14.2 Å². The molecule has 16 heteroatoms. The molecule has 2 aliphatic heterocycles. The zero-order chi connectivity index (χ0) is 40.6. The lowest BCUT2D eigenvalue weighted by atomic mass is 9.55. The smallest absolute Gasteiger partial charge is 0.433 e. The summed E-state index contributed by atoms with van der Waals surface area (Å²) >= 11 is 0. The Labute approximate surface area is 335 Å². The second-order valence-electron chi connectivity index (χ2n) is 16.8. The lowest BCUT2D eigenvalue weighted by Gasteiger charge is -2.50. The van der Waals surface area contributed by atoms with Crippen molar-refractivity contribution in [2.75, 3.05) is 57.4 Å². The van der Waals surface area contributed by atoms with Crippen LogP contribution in [0, 0.1) is 17.3 Å². The van der Waals surface area contributed by atoms with Crippen molar-refractivity contribution < 1.29 is 47.5 Å². The van der Waals surface area contributed by atoms with Crippen molar-refractivity contribution >= 4 is 11.7 Å². The lowest BCUT2D eigenvalue weighted by Crippen LogP contribution is -2.59. The number of aryl methyl sites for hydroxylation is 1. The molecule has 58 heavy (non-hydrogen) atoms. The fourth-order valence-corrected chi connectivity index (χ4v) is 10.1. The summed E-state index contributed by atoms with van der Waals surface area (Å²) in [5.41, 5.74) is 2.03. The number of halogens is 3. The lowest BCUT2D eigenvalue weighted by molar-refractivity contribution is -0.185. The summed E-state index contributed by atoms with van der Waals surface area (Å²) in [5.74, 6) is 2.71. The number of nitrogens with one attached hydrogen (secondary N) is 1. The zero-order valence-corrected chi connectivity index (χ0v) is 32.7. The quantitative estimate of drug-likeness (QED) is 0.207. The van der Waals surface area contributed by atoms with Crippen molar-refractivity contribution in [2.45, 2.75) is 94.5 Å². The van der Waals surface area contributed by atoms with Crippen LogP contribution < -0.4 is 19.7 Å². The van der Waals surface area contributed by atoms with Crippen LogP contribution in [0.15, 0.2) is 48.5 Å². The Hall–Kier alpha value is -4.09. The molecule has 2 saturated heterocycles. The number of hydrogen-bond acceptors (Lipinski definition) is 12. The predicted octanol–water partition coefficient (Wildman–Crippen LogP) is 4.00. The number of fused-ring (bicyclic) bond motifs is 5. The number of ether oxygens (including phenoxy) is 3. The molecule has 8 rings (SSSR count). The van der Waals surface area contributed by atoms with Gasteiger partial charge in [-0.2, -0.15) is 13.2 Å². The normalized spacial score (nSPS) is 31.2. The van der Waals surface area contributed by atoms with E-state index in [1.807, 2.05) is 4.90 Å². The molecule has 1 aromatic carbocycles. The van der Waals surface area contributed by atoms with E-state index >= 15 is 0 Å². The number of carbonyl (C=O) groups excluding carboxylic acids is 1. The number of pyridine rings is 1. The third-order valence-corrected chi connectivity index (χ3v) is 13.4. The molecular weight excluding hydrogens is 757 g/mol. The SMILES string of the molecule is C[C@]12CC[C@@H]3c4ccc(OCCCNC(=O)c5ccc(N6CCN(C[C@H]7OC[C@H](Oc8cccc(C(F)(F)F)n8)[C@@H](O)[C@H]7O)CC6)nn5)cc4CC[C@H]3[C@@H]1CC[C@@H]2O. The molecule has 0 radical (unpaired) electrons. The number of benzene rings is 1. The van der Waals surface area contributed by atoms with Crippen molar-refractivity contribution in [3.05, 3.63) is 71.0 Å². The predicted molar refractivity (Wildman–Crippen MR) is 206 cm³/mol. The Balaban J connectivity index is 0.732. The van der Waals surface area contributed by atoms with Gasteiger partial charge in [-0.3, -0.25) is 9.69 Å². The van der Waals surface area contributed by atoms with Gasteiger partial charge in [0.15, 0.2) is 17.6 Å². The summed E-state index contributed by atoms with van der Waals surface area (Å²) in [6, 6.07) is 13.2. The minimum atomic E-state index is -4.64. The van der Waals surface area contributed by atoms with Crippen LogP contribution in [0.4, 0.5) is 19.0 Å². The maximum absolute atomic E-state index is 13.0. The van der Waals surface area contributed by atoms with Crippen LogP contribution in [0.25, 0.3) is 0 Å². The van der Waals surface area contributed by atoms with E-state index in [0.29, 0.717) is 75.9 Å². The maximum Gasteiger partial charge on any atom is 0.433 e. The number of aliphatic hydroxyl groups is 3. The van der Waals surface area contributed by atoms with Gasteiger partial charge in [-0.1, -0.05) is 19.1 Å². The standard InChI is InChI=1S/C42H53F3N6O7/c1-41-15-14-28-27-9-7-26(22-25(27)6-8-29(28)30(41)10-12-35(41)52)56-21-3-16-46-40(55)31-11-13-36(49-48-31)51-19-17-50(18-20-51)23-32-38(53)39(54)33(24-57-32)58-37-5-2-4-34(47-37)42(43,44)45/h2,4-5,7,9,11,13,22,28-30,32-33,35,38-39,52-54H,3,6,8,10,12,14-21,23-24H2,1H3,(H,46,55)/t28-,29-,30+,32-,33+,35+,38+,39-,41+/m1/s1. The number of carbonyl (C=O) groups is 1. The van der Waals surface area contributed by atoms with Gasteiger partial charge in [0.1, 0.15) is 23.7 Å². The molecule has 5 aliphatic rings. The molecule has 13 nitrogen and oxygen atoms in total. The average Bonchev–Trinajstić information content (AvgIpc) is 3.54. The number of amides is 1. The molecule has 2 saturated carbocycles. The molecular formula is C42H53F3N6O7. The minimum Gasteiger partial charge on any atom is -0.494 e. The third kappa shape index (κ3) is 8.49. The molecule has 3 aromatic rings. The van der Waals surface area contributed by atoms with E-state index in [0.717, 1.165) is 50.0 Å². The number of aliphatic hydroxyl groups excluding tert-OH is 3. The van der Waals surface area contributed by atoms with Gasteiger partial charge in [0, 0.05) is 45.3 Å². The molecule has 4 N–H and O–H groups in total. The summed E-state index contributed by atoms with van der Waals surface area (Å²) in [5, 5.41) is 43.5. The number of alkyl halides is 3. The Bertz CT molecular complexity index is 1900. The Morgan fingerprint density at radius 2 is 1.83 bits per heavy atom. The first kappa shape index (κ1) is 40.7. The van der Waals surface area contributed by atoms with Gasteiger partial charge in [0.05, 0.1) is 25.4 Å². The van der Waals surface area contributed by atoms with E-state index in [9.17, 15) is 33.3 Å². The number of aromatic nitrogens is 3. The summed E-state index contributed by atoms with van der Waals surface area (Å²) in [6.45, 7) is 5.85. The van der Waals surface area contributed by atoms with Crippen molar-refractivity contribution in [1.29, 1.82) is 0 Å². The molecule has 3 aliphatic carbocycles. The first-order chi connectivity index (χ1) is 27.9. The van der Waals surface area contributed by atoms with Crippen LogP contribution in [0.2, 0.25) is 0 Å². The highest BCUT2D eigenvalue weighted by Crippen LogP contribution is 2.61. The largest absolute Gasteiger partial charge is 0.494 e. The molecule has 0 spiro atoms. The number of piperazine rings is 1. The van der Waals surface area contributed by atoms with Crippen LogP contribution in [0.1, 0.15) is 78.7 Å². The second kappa shape index (κ2) is 16.9. The van der Waals surface area contributed by atoms with Crippen LogP contribution in [0.5, 0.6) is 11.6 Å². The molecule has 4 fully saturated rings. The summed E-state index contributed by atoms with van der Waals surface area (Å²) in [7, 11) is 0. The second-order valence-corrected chi connectivity index (χ2v) is 16.8. The fraction of sp³-hybridized carbons (Fsp3) is 0.619. The summed E-state index contributed by atoms with van der Waals surface area (Å²) in [6.07, 6.45) is -2.15. The van der Waals surface area contributed by atoms with Gasteiger partial charge in [-0.25, -0.2) is 4.98 Å². The van der Waals surface area contributed by atoms with Crippen molar-refractivity contribution in [1.82, 2.24) is 25.4 Å². The van der Waals surface area contributed by atoms with E-state index in [-0.39, 0.29) is 35.6 Å². The highest BCUT2D eigenvalue weighted by atomic mass is 19.4. The van der Waals surface area contributed by atoms with Crippen molar-refractivity contribution in [3.8, 4) is 11.6 Å². The molecule has 0 unspecified atom stereocenters. The molecule has 314 valence electrons. The van der Waals surface area contributed by atoms with Crippen LogP contribution in [-0.4, -0.2) is 124 Å². The highest BCUT2D eigenvalue weighted by molar-refractivity contribution is 5.92. The monoisotopic (exact) mass is 810 g/mol. The van der Waals surface area contributed by atoms with E-state index in [1.165, 1.54) is 23.6 Å². The van der Waals surface area contributed by atoms with Gasteiger partial charge in [-0.15, -0.1) is 10.2 Å². The molecule has 1 amide bonds. The van der Waals surface area contributed by atoms with E-state index in [2.05, 4.69) is 50.5 Å². The average molecular weight is 811 g/mol. The van der Waals surface area contributed by atoms with Crippen molar-refractivity contribution in [2.24, 2.45) is 17.3 Å². The van der Waals surface area contributed by atoms with E-state index < -0.39 is 36.3 Å². The van der Waals surface area contributed by atoms with Gasteiger partial charge < -0.3 is 39.7 Å². The van der Waals surface area contributed by atoms with Gasteiger partial charge in [-0.05, 0) is 110 Å². The molecule has 9 atom stereocenters. The summed E-state index contributed by atoms with van der Waals surface area (Å²) in [4.78, 5) is 20.4. The molecule has 4 heterocycles. The number of rotatable bonds is 11. The first-order valence-electron chi connectivity index (χ1n) is 20.6. The van der Waals surface area contributed by atoms with Crippen molar-refractivity contribution in [3.63, 3.8) is 0 Å². The van der Waals surface area contributed by atoms with Crippen LogP contribution in [0.3, 0.4) is 0 Å². The Morgan fingerprint density at radius 1 is 1.00 bits per heavy atom. The van der Waals surface area contributed by atoms with E-state index in [1.54, 1.807) is 12.1 Å². The van der Waals surface area contributed by atoms with Crippen LogP contribution >= 0.6 is 0 Å².